The van der Waals surface area contributed by atoms with Gasteiger partial charge >= 0.3 is 5.97 Å². The van der Waals surface area contributed by atoms with E-state index >= 15 is 0 Å². The van der Waals surface area contributed by atoms with E-state index in [1.165, 1.54) is 4.90 Å². The van der Waals surface area contributed by atoms with E-state index in [9.17, 15) is 19.5 Å². The van der Waals surface area contributed by atoms with Crippen LogP contribution in [0.3, 0.4) is 0 Å². The maximum absolute atomic E-state index is 14.3. The number of nitrogens with zero attached hydrogens (tertiary/aromatic N) is 2. The molecule has 3 aliphatic rings. The minimum Gasteiger partial charge on any atom is -0.465 e. The van der Waals surface area contributed by atoms with E-state index in [2.05, 4.69) is 13.2 Å². The van der Waals surface area contributed by atoms with Gasteiger partial charge in [0.1, 0.15) is 6.04 Å². The number of amides is 2. The Morgan fingerprint density at radius 1 is 1.31 bits per heavy atom. The molecule has 7 nitrogen and oxygen atoms in total. The van der Waals surface area contributed by atoms with Gasteiger partial charge in [-0.3, -0.25) is 14.4 Å². The number of aliphatic hydroxyl groups excluding tert-OH is 1. The molecule has 9 heteroatoms. The van der Waals surface area contributed by atoms with Gasteiger partial charge in [0.05, 0.1) is 40.5 Å². The van der Waals surface area contributed by atoms with Crippen LogP contribution in [-0.2, 0) is 19.1 Å². The fourth-order valence-electron chi connectivity index (χ4n) is 6.16. The molecule has 3 aliphatic heterocycles. The van der Waals surface area contributed by atoms with Crippen LogP contribution in [0.4, 0.5) is 5.69 Å². The standard InChI is InChI=1S/C27H33ClN2O5S/c1-4-6-9-17-35-25(34)21-20-23(32)30(15-16-31)22(27(20)13-12-26(21,3)36-27)24(33)29(14-5-2)19-11-8-7-10-18(19)28/h4-5,7-8,10-11,20-22,31H,1-2,6,9,12-17H2,3H3/t20-,21+,22?,26-,27?/m0/s1. The van der Waals surface area contributed by atoms with Crippen LogP contribution in [0.2, 0.25) is 5.02 Å². The molecule has 5 atom stereocenters. The summed E-state index contributed by atoms with van der Waals surface area (Å²) in [5, 5.41) is 10.2. The van der Waals surface area contributed by atoms with Crippen LogP contribution in [0.25, 0.3) is 0 Å². The number of allylic oxidation sites excluding steroid dienone is 1. The van der Waals surface area contributed by atoms with E-state index in [4.69, 9.17) is 16.3 Å². The quantitative estimate of drug-likeness (QED) is 0.265. The predicted octanol–water partition coefficient (Wildman–Crippen LogP) is 3.84. The number of benzene rings is 1. The zero-order valence-electron chi connectivity index (χ0n) is 20.5. The number of thioether (sulfide) groups is 1. The molecule has 0 saturated carbocycles. The highest BCUT2D eigenvalue weighted by molar-refractivity contribution is 8.02. The summed E-state index contributed by atoms with van der Waals surface area (Å²) in [6.07, 6.45) is 6.11. The van der Waals surface area contributed by atoms with Gasteiger partial charge in [0, 0.05) is 17.8 Å². The molecular formula is C27H33ClN2O5S. The van der Waals surface area contributed by atoms with Gasteiger partial charge in [-0.15, -0.1) is 24.9 Å². The second-order valence-electron chi connectivity index (χ2n) is 9.77. The zero-order chi connectivity index (χ0) is 26.1. The number of ether oxygens (including phenoxy) is 1. The van der Waals surface area contributed by atoms with E-state index in [1.54, 1.807) is 53.1 Å². The molecule has 0 aromatic heterocycles. The highest BCUT2D eigenvalue weighted by atomic mass is 35.5. The number of carbonyl (C=O) groups is 3. The Morgan fingerprint density at radius 2 is 2.06 bits per heavy atom. The Hall–Kier alpha value is -2.29. The molecule has 194 valence electrons. The van der Waals surface area contributed by atoms with Crippen molar-refractivity contribution in [1.82, 2.24) is 4.90 Å². The topological polar surface area (TPSA) is 87.1 Å². The fourth-order valence-corrected chi connectivity index (χ4v) is 8.73. The lowest BCUT2D eigenvalue weighted by atomic mass is 9.66. The van der Waals surface area contributed by atoms with Crippen molar-refractivity contribution >= 4 is 46.8 Å². The smallest absolute Gasteiger partial charge is 0.311 e. The van der Waals surface area contributed by atoms with Gasteiger partial charge in [-0.2, -0.15) is 0 Å². The van der Waals surface area contributed by atoms with Gasteiger partial charge in [0.2, 0.25) is 5.91 Å². The van der Waals surface area contributed by atoms with Crippen molar-refractivity contribution in [3.8, 4) is 0 Å². The zero-order valence-corrected chi connectivity index (χ0v) is 22.1. The van der Waals surface area contributed by atoms with Crippen LogP contribution in [0, 0.1) is 11.8 Å². The summed E-state index contributed by atoms with van der Waals surface area (Å²) in [6.45, 7) is 9.69. The van der Waals surface area contributed by atoms with E-state index in [1.807, 2.05) is 6.92 Å². The number of esters is 1. The van der Waals surface area contributed by atoms with Crippen LogP contribution in [-0.4, -0.2) is 69.6 Å². The predicted molar refractivity (Wildman–Crippen MR) is 142 cm³/mol. The number of unbranched alkanes of at least 4 members (excludes halogenated alkanes) is 1. The van der Waals surface area contributed by atoms with Crippen molar-refractivity contribution in [3.63, 3.8) is 0 Å². The van der Waals surface area contributed by atoms with Gasteiger partial charge in [-0.05, 0) is 44.7 Å². The molecule has 3 saturated heterocycles. The number of hydrogen-bond donors (Lipinski definition) is 1. The van der Waals surface area contributed by atoms with Gasteiger partial charge in [0.25, 0.3) is 5.91 Å². The Morgan fingerprint density at radius 3 is 2.72 bits per heavy atom. The van der Waals surface area contributed by atoms with E-state index in [-0.39, 0.29) is 44.1 Å². The Bertz CT molecular complexity index is 1070. The average Bonchev–Trinajstić information content (AvgIpc) is 3.42. The molecule has 1 N–H and O–H groups in total. The molecule has 0 radical (unpaired) electrons. The third-order valence-corrected chi connectivity index (χ3v) is 9.93. The van der Waals surface area contributed by atoms with Crippen molar-refractivity contribution in [2.24, 2.45) is 11.8 Å². The third-order valence-electron chi connectivity index (χ3n) is 7.62. The second-order valence-corrected chi connectivity index (χ2v) is 12.1. The van der Waals surface area contributed by atoms with Crippen molar-refractivity contribution in [2.45, 2.75) is 48.1 Å². The maximum atomic E-state index is 14.3. The largest absolute Gasteiger partial charge is 0.465 e. The SMILES string of the molecule is C=CCCCOC(=O)[C@H]1[C@H]2C(=O)N(CCO)C(C(=O)N(CC=C)c3ccccc3Cl)C23CC[C@]1(C)S3. The second kappa shape index (κ2) is 10.6. The lowest BCUT2D eigenvalue weighted by Gasteiger charge is -2.37. The van der Waals surface area contributed by atoms with Gasteiger partial charge in [-0.1, -0.05) is 35.9 Å². The molecule has 36 heavy (non-hydrogen) atoms. The highest BCUT2D eigenvalue weighted by Crippen LogP contribution is 2.71. The molecule has 2 amide bonds. The number of fused-ring (bicyclic) bond motifs is 1. The first-order valence-electron chi connectivity index (χ1n) is 12.3. The number of likely N-dealkylation sites (tertiary alicyclic amines) is 1. The summed E-state index contributed by atoms with van der Waals surface area (Å²) in [5.41, 5.74) is 0.530. The number of aliphatic hydroxyl groups is 1. The molecule has 1 spiro atoms. The van der Waals surface area contributed by atoms with Crippen molar-refractivity contribution < 1.29 is 24.2 Å². The molecule has 2 unspecified atom stereocenters. The Balaban J connectivity index is 1.72. The summed E-state index contributed by atoms with van der Waals surface area (Å²) in [7, 11) is 0. The highest BCUT2D eigenvalue weighted by Gasteiger charge is 2.77. The first kappa shape index (κ1) is 26.8. The van der Waals surface area contributed by atoms with Crippen molar-refractivity contribution in [3.05, 3.63) is 54.6 Å². The molecule has 3 heterocycles. The minimum absolute atomic E-state index is 0.0102. The van der Waals surface area contributed by atoms with Crippen LogP contribution >= 0.6 is 23.4 Å². The molecule has 4 rings (SSSR count). The number of β-amino-alcohol motifs (C(OH)–C–C–N with tert-alkyl or cyclic N) is 1. The summed E-state index contributed by atoms with van der Waals surface area (Å²) in [5.74, 6) is -2.29. The van der Waals surface area contributed by atoms with Crippen LogP contribution in [0.5, 0.6) is 0 Å². The number of para-hydroxylation sites is 1. The molecular weight excluding hydrogens is 500 g/mol. The third kappa shape index (κ3) is 4.27. The first-order valence-corrected chi connectivity index (χ1v) is 13.5. The molecule has 0 aliphatic carbocycles. The molecule has 1 aromatic rings. The summed E-state index contributed by atoms with van der Waals surface area (Å²) in [4.78, 5) is 44.5. The number of hydrogen-bond acceptors (Lipinski definition) is 6. The molecule has 3 fully saturated rings. The molecule has 1 aromatic carbocycles. The maximum Gasteiger partial charge on any atom is 0.311 e. The summed E-state index contributed by atoms with van der Waals surface area (Å²) < 4.78 is 4.32. The lowest BCUT2D eigenvalue weighted by molar-refractivity contribution is -0.155. The Labute approximate surface area is 221 Å². The number of halogens is 1. The minimum atomic E-state index is -0.844. The van der Waals surface area contributed by atoms with Gasteiger partial charge < -0.3 is 19.6 Å². The normalized spacial score (nSPS) is 30.2. The van der Waals surface area contributed by atoms with Crippen LogP contribution in [0.15, 0.2) is 49.6 Å². The number of rotatable bonds is 11. The van der Waals surface area contributed by atoms with Crippen LogP contribution in [0.1, 0.15) is 32.6 Å². The summed E-state index contributed by atoms with van der Waals surface area (Å²) in [6, 6.07) is 6.21. The van der Waals surface area contributed by atoms with Crippen molar-refractivity contribution in [1.29, 1.82) is 0 Å². The van der Waals surface area contributed by atoms with E-state index in [0.29, 0.717) is 30.0 Å². The van der Waals surface area contributed by atoms with E-state index in [0.717, 1.165) is 6.42 Å². The first-order chi connectivity index (χ1) is 17.3. The molecule has 2 bridgehead atoms. The lowest BCUT2D eigenvalue weighted by Crippen LogP contribution is -2.55. The van der Waals surface area contributed by atoms with Gasteiger partial charge in [0.15, 0.2) is 0 Å². The van der Waals surface area contributed by atoms with Gasteiger partial charge in [-0.25, -0.2) is 0 Å². The fraction of sp³-hybridized carbons (Fsp3) is 0.519. The van der Waals surface area contributed by atoms with Crippen LogP contribution < -0.4 is 4.90 Å². The summed E-state index contributed by atoms with van der Waals surface area (Å²) >= 11 is 8.03. The average molecular weight is 533 g/mol. The Kier molecular flexibility index (Phi) is 7.88. The number of carbonyl (C=O) groups excluding carboxylic acids is 3. The monoisotopic (exact) mass is 532 g/mol. The van der Waals surface area contributed by atoms with Crippen molar-refractivity contribution in [2.75, 3.05) is 31.2 Å². The number of anilines is 1. The van der Waals surface area contributed by atoms with E-state index < -0.39 is 27.4 Å².